The third-order valence-electron chi connectivity index (χ3n) is 3.57. The molecule has 0 radical (unpaired) electrons. The van der Waals surface area contributed by atoms with Crippen LogP contribution in [0.1, 0.15) is 40.0 Å². The molecule has 1 atom stereocenters. The highest BCUT2D eigenvalue weighted by Gasteiger charge is 2.56. The quantitative estimate of drug-likeness (QED) is 0.672. The lowest BCUT2D eigenvalue weighted by Crippen LogP contribution is -2.43. The molecule has 5 nitrogen and oxygen atoms in total. The number of hydrogen-bond donors (Lipinski definition) is 0. The van der Waals surface area contributed by atoms with Crippen LogP contribution in [0.3, 0.4) is 0 Å². The van der Waals surface area contributed by atoms with Crippen molar-refractivity contribution in [2.45, 2.75) is 51.7 Å². The second-order valence-electron chi connectivity index (χ2n) is 6.35. The number of rotatable bonds is 1. The van der Waals surface area contributed by atoms with Crippen LogP contribution in [0.4, 0.5) is 4.79 Å². The summed E-state index contributed by atoms with van der Waals surface area (Å²) in [6.45, 7) is 6.07. The predicted octanol–water partition coefficient (Wildman–Crippen LogP) is 1.95. The molecule has 0 bridgehead atoms. The van der Waals surface area contributed by atoms with Crippen LogP contribution >= 0.6 is 0 Å². The van der Waals surface area contributed by atoms with E-state index in [-0.39, 0.29) is 11.4 Å². The van der Waals surface area contributed by atoms with Gasteiger partial charge in [-0.05, 0) is 45.4 Å². The summed E-state index contributed by atoms with van der Waals surface area (Å²) in [5.41, 5.74) is -0.396. The van der Waals surface area contributed by atoms with Gasteiger partial charge in [0.25, 0.3) is 0 Å². The standard InChI is InChI=1S/C13H21NO4/c1-12(2,3)18-11(16)14-8-13(5-6-13)7-9(14)10(15)17-4/h9H,5-8H2,1-4H3. The molecule has 0 aromatic carbocycles. The van der Waals surface area contributed by atoms with E-state index >= 15 is 0 Å². The number of likely N-dealkylation sites (tertiary alicyclic amines) is 1. The number of methoxy groups -OCH3 is 1. The fraction of sp³-hybridized carbons (Fsp3) is 0.846. The lowest BCUT2D eigenvalue weighted by molar-refractivity contribution is -0.145. The van der Waals surface area contributed by atoms with Gasteiger partial charge in [0.05, 0.1) is 7.11 Å². The zero-order chi connectivity index (χ0) is 13.6. The number of amides is 1. The van der Waals surface area contributed by atoms with Crippen LogP contribution in [-0.4, -0.2) is 42.3 Å². The molecule has 2 rings (SSSR count). The van der Waals surface area contributed by atoms with Gasteiger partial charge in [0.15, 0.2) is 0 Å². The van der Waals surface area contributed by atoms with Gasteiger partial charge in [0.1, 0.15) is 11.6 Å². The number of carbonyl (C=O) groups is 2. The van der Waals surface area contributed by atoms with E-state index < -0.39 is 17.7 Å². The van der Waals surface area contributed by atoms with Crippen LogP contribution in [0.25, 0.3) is 0 Å². The van der Waals surface area contributed by atoms with Crippen molar-refractivity contribution in [2.75, 3.05) is 13.7 Å². The first-order valence-electron chi connectivity index (χ1n) is 6.34. The van der Waals surface area contributed by atoms with E-state index in [1.165, 1.54) is 12.0 Å². The zero-order valence-electron chi connectivity index (χ0n) is 11.5. The summed E-state index contributed by atoms with van der Waals surface area (Å²) in [5, 5.41) is 0. The molecule has 2 aliphatic rings. The van der Waals surface area contributed by atoms with Gasteiger partial charge < -0.3 is 9.47 Å². The highest BCUT2D eigenvalue weighted by Crippen LogP contribution is 2.55. The van der Waals surface area contributed by atoms with Gasteiger partial charge in [-0.25, -0.2) is 9.59 Å². The van der Waals surface area contributed by atoms with E-state index in [1.807, 2.05) is 20.8 Å². The van der Waals surface area contributed by atoms with E-state index in [0.717, 1.165) is 12.8 Å². The van der Waals surface area contributed by atoms with Gasteiger partial charge in [-0.2, -0.15) is 0 Å². The van der Waals surface area contributed by atoms with Gasteiger partial charge >= 0.3 is 12.1 Å². The number of nitrogens with zero attached hydrogens (tertiary/aromatic N) is 1. The van der Waals surface area contributed by atoms with Gasteiger partial charge in [-0.15, -0.1) is 0 Å². The molecule has 102 valence electrons. The Morgan fingerprint density at radius 2 is 1.89 bits per heavy atom. The van der Waals surface area contributed by atoms with Gasteiger partial charge in [-0.1, -0.05) is 0 Å². The molecule has 1 heterocycles. The zero-order valence-corrected chi connectivity index (χ0v) is 11.5. The summed E-state index contributed by atoms with van der Waals surface area (Å²) >= 11 is 0. The average Bonchev–Trinajstić information content (AvgIpc) is 2.86. The highest BCUT2D eigenvalue weighted by atomic mass is 16.6. The maximum absolute atomic E-state index is 12.1. The lowest BCUT2D eigenvalue weighted by atomic mass is 10.0. The van der Waals surface area contributed by atoms with Crippen LogP contribution in [0.2, 0.25) is 0 Å². The minimum atomic E-state index is -0.545. The topological polar surface area (TPSA) is 55.8 Å². The molecular weight excluding hydrogens is 234 g/mol. The molecule has 1 spiro atoms. The molecule has 1 saturated carbocycles. The molecule has 1 aliphatic heterocycles. The van der Waals surface area contributed by atoms with E-state index in [1.54, 1.807) is 0 Å². The second-order valence-corrected chi connectivity index (χ2v) is 6.35. The van der Waals surface area contributed by atoms with Crippen LogP contribution in [0.15, 0.2) is 0 Å². The first-order chi connectivity index (χ1) is 8.26. The lowest BCUT2D eigenvalue weighted by Gasteiger charge is -2.27. The number of ether oxygens (including phenoxy) is 2. The van der Waals surface area contributed by atoms with Crippen molar-refractivity contribution < 1.29 is 19.1 Å². The first kappa shape index (κ1) is 13.2. The van der Waals surface area contributed by atoms with E-state index in [4.69, 9.17) is 9.47 Å². The number of hydrogen-bond acceptors (Lipinski definition) is 4. The molecule has 1 aliphatic carbocycles. The van der Waals surface area contributed by atoms with Gasteiger partial charge in [-0.3, -0.25) is 4.90 Å². The fourth-order valence-electron chi connectivity index (χ4n) is 2.45. The number of esters is 1. The molecule has 0 aromatic rings. The first-order valence-corrected chi connectivity index (χ1v) is 6.34. The summed E-state index contributed by atoms with van der Waals surface area (Å²) < 4.78 is 10.1. The van der Waals surface area contributed by atoms with E-state index in [9.17, 15) is 9.59 Å². The Balaban J connectivity index is 2.09. The van der Waals surface area contributed by atoms with Crippen molar-refractivity contribution in [2.24, 2.45) is 5.41 Å². The van der Waals surface area contributed by atoms with Crippen LogP contribution in [0.5, 0.6) is 0 Å². The summed E-state index contributed by atoms with van der Waals surface area (Å²) in [6, 6.07) is -0.479. The van der Waals surface area contributed by atoms with Crippen molar-refractivity contribution in [1.29, 1.82) is 0 Å². The molecule has 18 heavy (non-hydrogen) atoms. The third-order valence-corrected chi connectivity index (χ3v) is 3.57. The van der Waals surface area contributed by atoms with E-state index in [2.05, 4.69) is 0 Å². The molecule has 1 unspecified atom stereocenters. The SMILES string of the molecule is COC(=O)C1CC2(CC2)CN1C(=O)OC(C)(C)C. The highest BCUT2D eigenvalue weighted by molar-refractivity contribution is 5.82. The van der Waals surface area contributed by atoms with Crippen LogP contribution < -0.4 is 0 Å². The molecule has 0 aromatic heterocycles. The second kappa shape index (κ2) is 4.14. The smallest absolute Gasteiger partial charge is 0.411 e. The minimum absolute atomic E-state index is 0.149. The van der Waals surface area contributed by atoms with Crippen LogP contribution in [-0.2, 0) is 14.3 Å². The molecule has 2 fully saturated rings. The maximum Gasteiger partial charge on any atom is 0.411 e. The Morgan fingerprint density at radius 3 is 2.33 bits per heavy atom. The Bertz CT molecular complexity index is 368. The maximum atomic E-state index is 12.1. The summed E-state index contributed by atoms with van der Waals surface area (Å²) in [4.78, 5) is 25.4. The van der Waals surface area contributed by atoms with Crippen molar-refractivity contribution in [3.63, 3.8) is 0 Å². The molecule has 0 N–H and O–H groups in total. The normalized spacial score (nSPS) is 25.1. The monoisotopic (exact) mass is 255 g/mol. The molecule has 1 saturated heterocycles. The summed E-state index contributed by atoms with van der Waals surface area (Å²) in [5.74, 6) is -0.343. The van der Waals surface area contributed by atoms with Gasteiger partial charge in [0.2, 0.25) is 0 Å². The Hall–Kier alpha value is -1.26. The minimum Gasteiger partial charge on any atom is -0.467 e. The number of carbonyl (C=O) groups excluding carboxylic acids is 2. The van der Waals surface area contributed by atoms with Crippen molar-refractivity contribution in [1.82, 2.24) is 4.90 Å². The Labute approximate surface area is 107 Å². The van der Waals surface area contributed by atoms with Gasteiger partial charge in [0, 0.05) is 6.54 Å². The predicted molar refractivity (Wildman–Crippen MR) is 65.0 cm³/mol. The Kier molecular flexibility index (Phi) is 3.03. The van der Waals surface area contributed by atoms with Crippen molar-refractivity contribution in [3.8, 4) is 0 Å². The molecular formula is C13H21NO4. The molecule has 1 amide bonds. The fourth-order valence-corrected chi connectivity index (χ4v) is 2.45. The van der Waals surface area contributed by atoms with Crippen molar-refractivity contribution >= 4 is 12.1 Å². The molecule has 5 heteroatoms. The summed E-state index contributed by atoms with van der Waals surface area (Å²) in [6.07, 6.45) is 2.46. The summed E-state index contributed by atoms with van der Waals surface area (Å²) in [7, 11) is 1.35. The average molecular weight is 255 g/mol. The Morgan fingerprint density at radius 1 is 1.28 bits per heavy atom. The van der Waals surface area contributed by atoms with Crippen LogP contribution in [0, 0.1) is 5.41 Å². The largest absolute Gasteiger partial charge is 0.467 e. The third kappa shape index (κ3) is 2.60. The van der Waals surface area contributed by atoms with E-state index in [0.29, 0.717) is 13.0 Å². The van der Waals surface area contributed by atoms with Crippen molar-refractivity contribution in [3.05, 3.63) is 0 Å².